The van der Waals surface area contributed by atoms with Crippen molar-refractivity contribution in [3.8, 4) is 0 Å². The molecule has 2 rings (SSSR count). The molecule has 0 bridgehead atoms. The van der Waals surface area contributed by atoms with Gasteiger partial charge in [-0.25, -0.2) is 0 Å². The maximum absolute atomic E-state index is 11.9. The van der Waals surface area contributed by atoms with Gasteiger partial charge in [-0.2, -0.15) is 0 Å². The van der Waals surface area contributed by atoms with Crippen molar-refractivity contribution in [1.29, 1.82) is 0 Å². The van der Waals surface area contributed by atoms with Crippen LogP contribution >= 0.6 is 22.6 Å². The van der Waals surface area contributed by atoms with E-state index < -0.39 is 0 Å². The highest BCUT2D eigenvalue weighted by Crippen LogP contribution is 2.08. The standard InChI is InChI=1S/C15H21IN2O2/c16-13-4-1-3-12(11-13)15(19)18-7-2-10-20-14-5-8-17-9-6-14/h1,3-4,11,14,17H,2,5-10H2,(H,18,19). The van der Waals surface area contributed by atoms with Crippen LogP contribution in [0.4, 0.5) is 0 Å². The van der Waals surface area contributed by atoms with Gasteiger partial charge >= 0.3 is 0 Å². The van der Waals surface area contributed by atoms with Crippen molar-refractivity contribution in [3.63, 3.8) is 0 Å². The molecule has 1 aromatic carbocycles. The van der Waals surface area contributed by atoms with E-state index in [9.17, 15) is 4.79 Å². The van der Waals surface area contributed by atoms with E-state index in [1.165, 1.54) is 0 Å². The summed E-state index contributed by atoms with van der Waals surface area (Å²) >= 11 is 2.21. The summed E-state index contributed by atoms with van der Waals surface area (Å²) in [5.74, 6) is -0.00891. The Balaban J connectivity index is 1.59. The molecule has 0 aromatic heterocycles. The molecule has 1 aliphatic rings. The quantitative estimate of drug-likeness (QED) is 0.580. The maximum Gasteiger partial charge on any atom is 0.251 e. The average molecular weight is 388 g/mol. The molecule has 1 aromatic rings. The van der Waals surface area contributed by atoms with Gasteiger partial charge in [0.25, 0.3) is 5.91 Å². The Morgan fingerprint density at radius 3 is 2.95 bits per heavy atom. The van der Waals surface area contributed by atoms with Crippen molar-refractivity contribution in [2.45, 2.75) is 25.4 Å². The zero-order chi connectivity index (χ0) is 14.2. The van der Waals surface area contributed by atoms with Gasteiger partial charge in [-0.3, -0.25) is 4.79 Å². The zero-order valence-electron chi connectivity index (χ0n) is 11.5. The smallest absolute Gasteiger partial charge is 0.251 e. The molecule has 1 aliphatic heterocycles. The van der Waals surface area contributed by atoms with E-state index >= 15 is 0 Å². The second-order valence-electron chi connectivity index (χ2n) is 4.94. The van der Waals surface area contributed by atoms with Crippen LogP contribution in [-0.2, 0) is 4.74 Å². The Labute approximate surface area is 133 Å². The number of amides is 1. The van der Waals surface area contributed by atoms with Gasteiger partial charge in [0, 0.05) is 22.3 Å². The summed E-state index contributed by atoms with van der Waals surface area (Å²) in [5, 5.41) is 6.25. The van der Waals surface area contributed by atoms with Crippen LogP contribution in [-0.4, -0.2) is 38.3 Å². The molecule has 20 heavy (non-hydrogen) atoms. The van der Waals surface area contributed by atoms with Gasteiger partial charge in [0.15, 0.2) is 0 Å². The summed E-state index contributed by atoms with van der Waals surface area (Å²) in [6.07, 6.45) is 3.44. The number of rotatable bonds is 6. The number of hydrogen-bond donors (Lipinski definition) is 2. The number of carbonyl (C=O) groups excluding carboxylic acids is 1. The number of carbonyl (C=O) groups is 1. The molecular formula is C15H21IN2O2. The Hall–Kier alpha value is -0.660. The predicted octanol–water partition coefficient (Wildman–Crippen LogP) is 2.18. The minimum atomic E-state index is -0.00891. The summed E-state index contributed by atoms with van der Waals surface area (Å²) in [7, 11) is 0. The molecule has 0 saturated carbocycles. The van der Waals surface area contributed by atoms with E-state index in [2.05, 4.69) is 33.2 Å². The van der Waals surface area contributed by atoms with Gasteiger partial charge < -0.3 is 15.4 Å². The van der Waals surface area contributed by atoms with Crippen LogP contribution in [0.3, 0.4) is 0 Å². The lowest BCUT2D eigenvalue weighted by molar-refractivity contribution is 0.0318. The van der Waals surface area contributed by atoms with Crippen LogP contribution < -0.4 is 10.6 Å². The Morgan fingerprint density at radius 1 is 1.40 bits per heavy atom. The summed E-state index contributed by atoms with van der Waals surface area (Å²) in [5.41, 5.74) is 0.719. The number of piperidine rings is 1. The van der Waals surface area contributed by atoms with Gasteiger partial charge in [0.05, 0.1) is 6.10 Å². The van der Waals surface area contributed by atoms with Gasteiger partial charge in [-0.1, -0.05) is 6.07 Å². The molecule has 4 nitrogen and oxygen atoms in total. The van der Waals surface area contributed by atoms with Crippen molar-refractivity contribution >= 4 is 28.5 Å². The van der Waals surface area contributed by atoms with Gasteiger partial charge in [0.2, 0.25) is 0 Å². The van der Waals surface area contributed by atoms with E-state index in [0.29, 0.717) is 12.6 Å². The first kappa shape index (κ1) is 15.7. The largest absolute Gasteiger partial charge is 0.378 e. The normalized spacial score (nSPS) is 16.1. The minimum absolute atomic E-state index is 0.00891. The zero-order valence-corrected chi connectivity index (χ0v) is 13.7. The lowest BCUT2D eigenvalue weighted by Gasteiger charge is -2.22. The van der Waals surface area contributed by atoms with Crippen LogP contribution in [0.15, 0.2) is 24.3 Å². The Morgan fingerprint density at radius 2 is 2.20 bits per heavy atom. The molecule has 1 amide bonds. The summed E-state index contributed by atoms with van der Waals surface area (Å²) in [6.45, 7) is 3.48. The molecule has 0 aliphatic carbocycles. The third kappa shape index (κ3) is 5.38. The fraction of sp³-hybridized carbons (Fsp3) is 0.533. The van der Waals surface area contributed by atoms with E-state index in [4.69, 9.17) is 4.74 Å². The van der Waals surface area contributed by atoms with Crippen molar-refractivity contribution in [3.05, 3.63) is 33.4 Å². The van der Waals surface area contributed by atoms with E-state index in [-0.39, 0.29) is 5.91 Å². The molecular weight excluding hydrogens is 367 g/mol. The lowest BCUT2D eigenvalue weighted by atomic mass is 10.1. The first-order valence-corrected chi connectivity index (χ1v) is 8.19. The number of benzene rings is 1. The first-order chi connectivity index (χ1) is 9.75. The first-order valence-electron chi connectivity index (χ1n) is 7.12. The van der Waals surface area contributed by atoms with Crippen LogP contribution in [0.5, 0.6) is 0 Å². The van der Waals surface area contributed by atoms with Gasteiger partial charge in [0.1, 0.15) is 0 Å². The van der Waals surface area contributed by atoms with Crippen LogP contribution in [0.1, 0.15) is 29.6 Å². The highest BCUT2D eigenvalue weighted by atomic mass is 127. The van der Waals surface area contributed by atoms with Gasteiger partial charge in [-0.15, -0.1) is 0 Å². The monoisotopic (exact) mass is 388 g/mol. The number of halogens is 1. The van der Waals surface area contributed by atoms with Crippen LogP contribution in [0.25, 0.3) is 0 Å². The molecule has 2 N–H and O–H groups in total. The molecule has 0 radical (unpaired) electrons. The molecule has 5 heteroatoms. The lowest BCUT2D eigenvalue weighted by Crippen LogP contribution is -2.33. The summed E-state index contributed by atoms with van der Waals surface area (Å²) < 4.78 is 6.87. The minimum Gasteiger partial charge on any atom is -0.378 e. The van der Waals surface area contributed by atoms with Gasteiger partial charge in [-0.05, 0) is 73.1 Å². The summed E-state index contributed by atoms with van der Waals surface area (Å²) in [6, 6.07) is 7.60. The average Bonchev–Trinajstić information content (AvgIpc) is 2.48. The van der Waals surface area contributed by atoms with Crippen LogP contribution in [0, 0.1) is 3.57 Å². The molecule has 0 atom stereocenters. The predicted molar refractivity (Wildman–Crippen MR) is 88.0 cm³/mol. The van der Waals surface area contributed by atoms with Crippen molar-refractivity contribution in [2.24, 2.45) is 0 Å². The van der Waals surface area contributed by atoms with Crippen molar-refractivity contribution in [1.82, 2.24) is 10.6 Å². The molecule has 110 valence electrons. The Bertz CT molecular complexity index is 434. The maximum atomic E-state index is 11.9. The van der Waals surface area contributed by atoms with E-state index in [1.807, 2.05) is 24.3 Å². The van der Waals surface area contributed by atoms with Crippen molar-refractivity contribution in [2.75, 3.05) is 26.2 Å². The number of hydrogen-bond acceptors (Lipinski definition) is 3. The highest BCUT2D eigenvalue weighted by Gasteiger charge is 2.12. The molecule has 0 spiro atoms. The van der Waals surface area contributed by atoms with E-state index in [1.54, 1.807) is 0 Å². The fourth-order valence-electron chi connectivity index (χ4n) is 2.22. The number of nitrogens with one attached hydrogen (secondary N) is 2. The Kier molecular flexibility index (Phi) is 6.75. The topological polar surface area (TPSA) is 50.4 Å². The number of ether oxygens (including phenoxy) is 1. The third-order valence-electron chi connectivity index (χ3n) is 3.33. The SMILES string of the molecule is O=C(NCCCOC1CCNCC1)c1cccc(I)c1. The molecule has 1 fully saturated rings. The second-order valence-corrected chi connectivity index (χ2v) is 6.19. The second kappa shape index (κ2) is 8.59. The third-order valence-corrected chi connectivity index (χ3v) is 4.00. The summed E-state index contributed by atoms with van der Waals surface area (Å²) in [4.78, 5) is 11.9. The fourth-order valence-corrected chi connectivity index (χ4v) is 2.76. The highest BCUT2D eigenvalue weighted by molar-refractivity contribution is 14.1. The van der Waals surface area contributed by atoms with E-state index in [0.717, 1.165) is 48.1 Å². The van der Waals surface area contributed by atoms with Crippen LogP contribution in [0.2, 0.25) is 0 Å². The van der Waals surface area contributed by atoms with Crippen molar-refractivity contribution < 1.29 is 9.53 Å². The molecule has 0 unspecified atom stereocenters. The molecule has 1 saturated heterocycles. The molecule has 1 heterocycles.